The normalized spacial score (nSPS) is 13.9. The Balaban J connectivity index is 1.15. The molecule has 5 aromatic rings. The lowest BCUT2D eigenvalue weighted by molar-refractivity contribution is 0.370. The molecule has 9 heteroatoms. The summed E-state index contributed by atoms with van der Waals surface area (Å²) in [4.78, 5) is 11.1. The minimum atomic E-state index is -0.359. The van der Waals surface area contributed by atoms with Crippen LogP contribution in [0, 0.1) is 11.7 Å². The summed E-state index contributed by atoms with van der Waals surface area (Å²) in [6.07, 6.45) is 4.33. The van der Waals surface area contributed by atoms with E-state index < -0.39 is 0 Å². The van der Waals surface area contributed by atoms with Crippen molar-refractivity contribution in [2.45, 2.75) is 26.2 Å². The van der Waals surface area contributed by atoms with Crippen LogP contribution < -0.4 is 4.90 Å². The van der Waals surface area contributed by atoms with Crippen LogP contribution in [0.2, 0.25) is 0 Å². The fourth-order valence-corrected chi connectivity index (χ4v) is 4.60. The number of aromatic nitrogens is 5. The molecule has 0 bridgehead atoms. The second-order valence-electron chi connectivity index (χ2n) is 9.83. The van der Waals surface area contributed by atoms with Crippen molar-refractivity contribution >= 4 is 16.9 Å². The van der Waals surface area contributed by atoms with E-state index in [4.69, 9.17) is 4.52 Å². The van der Waals surface area contributed by atoms with Gasteiger partial charge < -0.3 is 14.5 Å². The Morgan fingerprint density at radius 2 is 1.81 bits per heavy atom. The van der Waals surface area contributed by atoms with E-state index in [1.54, 1.807) is 48.8 Å². The van der Waals surface area contributed by atoms with Crippen LogP contribution >= 0.6 is 0 Å². The summed E-state index contributed by atoms with van der Waals surface area (Å²) in [7, 11) is 0. The molecule has 1 saturated heterocycles. The summed E-state index contributed by atoms with van der Waals surface area (Å²) in [6.45, 7) is 5.62. The molecule has 0 saturated carbocycles. The van der Waals surface area contributed by atoms with Crippen LogP contribution in [0.1, 0.15) is 31.1 Å². The van der Waals surface area contributed by atoms with E-state index in [1.807, 2.05) is 12.1 Å². The number of anilines is 1. The molecule has 0 radical (unpaired) electrons. The third kappa shape index (κ3) is 4.48. The van der Waals surface area contributed by atoms with Gasteiger partial charge >= 0.3 is 0 Å². The number of benzene rings is 2. The summed E-state index contributed by atoms with van der Waals surface area (Å²) in [5, 5.41) is 23.1. The topological polar surface area (TPSA) is 101 Å². The van der Waals surface area contributed by atoms with Crippen molar-refractivity contribution in [3.63, 3.8) is 0 Å². The molecule has 0 aliphatic carbocycles. The van der Waals surface area contributed by atoms with Gasteiger partial charge in [-0.2, -0.15) is 0 Å². The Bertz CT molecular complexity index is 1580. The molecular formula is C28H25FN6O2. The first-order valence-corrected chi connectivity index (χ1v) is 12.2. The summed E-state index contributed by atoms with van der Waals surface area (Å²) in [5.41, 5.74) is 3.82. The first-order chi connectivity index (χ1) is 17.9. The summed E-state index contributed by atoms with van der Waals surface area (Å²) >= 11 is 0. The van der Waals surface area contributed by atoms with Gasteiger partial charge in [0, 0.05) is 60.4 Å². The largest absolute Gasteiger partial charge is 0.507 e. The smallest absolute Gasteiger partial charge is 0.225 e. The average Bonchev–Trinajstić information content (AvgIpc) is 3.32. The molecule has 6 rings (SSSR count). The molecule has 186 valence electrons. The van der Waals surface area contributed by atoms with Crippen LogP contribution in [0.15, 0.2) is 65.4 Å². The maximum atomic E-state index is 15.1. The number of aromatic hydroxyl groups is 1. The van der Waals surface area contributed by atoms with Crippen LogP contribution in [-0.4, -0.2) is 43.5 Å². The molecule has 0 amide bonds. The van der Waals surface area contributed by atoms with E-state index in [2.05, 4.69) is 44.1 Å². The van der Waals surface area contributed by atoms with Crippen molar-refractivity contribution in [3.05, 3.63) is 78.1 Å². The highest BCUT2D eigenvalue weighted by atomic mass is 19.1. The first kappa shape index (κ1) is 23.0. The van der Waals surface area contributed by atoms with Gasteiger partial charge in [0.25, 0.3) is 0 Å². The Hall–Kier alpha value is -4.40. The fraction of sp³-hybridized carbons (Fsp3) is 0.250. The van der Waals surface area contributed by atoms with Crippen molar-refractivity contribution in [2.24, 2.45) is 5.92 Å². The lowest BCUT2D eigenvalue weighted by Crippen LogP contribution is -2.46. The van der Waals surface area contributed by atoms with E-state index in [0.29, 0.717) is 47.1 Å². The highest BCUT2D eigenvalue weighted by Crippen LogP contribution is 2.34. The van der Waals surface area contributed by atoms with Crippen molar-refractivity contribution < 1.29 is 14.0 Å². The summed E-state index contributed by atoms with van der Waals surface area (Å²) < 4.78 is 20.5. The van der Waals surface area contributed by atoms with Crippen LogP contribution in [0.4, 0.5) is 10.3 Å². The van der Waals surface area contributed by atoms with Gasteiger partial charge in [-0.1, -0.05) is 31.1 Å². The number of halogens is 1. The van der Waals surface area contributed by atoms with Crippen LogP contribution in [-0.2, 0) is 6.42 Å². The lowest BCUT2D eigenvalue weighted by atomic mass is 9.90. The zero-order chi connectivity index (χ0) is 25.5. The molecule has 3 aromatic heterocycles. The third-order valence-electron chi connectivity index (χ3n) is 6.59. The molecule has 37 heavy (non-hydrogen) atoms. The Labute approximate surface area is 212 Å². The number of nitrogens with zero attached hydrogens (tertiary/aromatic N) is 6. The number of hydrogen-bond acceptors (Lipinski definition) is 8. The Morgan fingerprint density at radius 1 is 1.03 bits per heavy atom. The molecule has 0 spiro atoms. The first-order valence-electron chi connectivity index (χ1n) is 12.2. The maximum Gasteiger partial charge on any atom is 0.225 e. The second kappa shape index (κ2) is 9.24. The van der Waals surface area contributed by atoms with Crippen molar-refractivity contribution in [1.29, 1.82) is 0 Å². The van der Waals surface area contributed by atoms with Gasteiger partial charge in [0.15, 0.2) is 0 Å². The van der Waals surface area contributed by atoms with Gasteiger partial charge in [0.2, 0.25) is 5.95 Å². The molecule has 1 N–H and O–H groups in total. The van der Waals surface area contributed by atoms with Gasteiger partial charge in [-0.3, -0.25) is 0 Å². The number of rotatable bonds is 6. The van der Waals surface area contributed by atoms with E-state index in [-0.39, 0.29) is 17.5 Å². The van der Waals surface area contributed by atoms with Gasteiger partial charge in [-0.15, -0.1) is 10.2 Å². The van der Waals surface area contributed by atoms with E-state index in [9.17, 15) is 5.11 Å². The van der Waals surface area contributed by atoms with Crippen molar-refractivity contribution in [2.75, 3.05) is 18.0 Å². The Morgan fingerprint density at radius 3 is 2.57 bits per heavy atom. The van der Waals surface area contributed by atoms with E-state index in [1.165, 1.54) is 0 Å². The monoisotopic (exact) mass is 496 g/mol. The third-order valence-corrected chi connectivity index (χ3v) is 6.59. The summed E-state index contributed by atoms with van der Waals surface area (Å²) in [6, 6.07) is 13.8. The highest BCUT2D eigenvalue weighted by molar-refractivity contribution is 5.84. The molecule has 2 aromatic carbocycles. The molecule has 1 fully saturated rings. The van der Waals surface area contributed by atoms with E-state index in [0.717, 1.165) is 29.0 Å². The summed E-state index contributed by atoms with van der Waals surface area (Å²) in [5.74, 6) is 1.82. The average molecular weight is 497 g/mol. The highest BCUT2D eigenvalue weighted by Gasteiger charge is 2.31. The van der Waals surface area contributed by atoms with Crippen LogP contribution in [0.3, 0.4) is 0 Å². The number of fused-ring (bicyclic) bond motifs is 1. The lowest BCUT2D eigenvalue weighted by Gasteiger charge is -2.39. The second-order valence-corrected chi connectivity index (χ2v) is 9.83. The quantitative estimate of drug-likeness (QED) is 0.334. The molecular weight excluding hydrogens is 471 g/mol. The zero-order valence-electron chi connectivity index (χ0n) is 20.5. The predicted octanol–water partition coefficient (Wildman–Crippen LogP) is 5.39. The fourth-order valence-electron chi connectivity index (χ4n) is 4.60. The molecule has 0 unspecified atom stereocenters. The number of para-hydroxylation sites is 1. The Kier molecular flexibility index (Phi) is 5.75. The van der Waals surface area contributed by atoms with Gasteiger partial charge in [-0.25, -0.2) is 14.4 Å². The van der Waals surface area contributed by atoms with Gasteiger partial charge in [0.1, 0.15) is 23.0 Å². The predicted molar refractivity (Wildman–Crippen MR) is 138 cm³/mol. The number of hydrogen-bond donors (Lipinski definition) is 1. The molecule has 1 aliphatic rings. The molecule has 4 heterocycles. The van der Waals surface area contributed by atoms with Gasteiger partial charge in [-0.05, 0) is 41.8 Å². The number of phenolic OH excluding ortho intramolecular Hbond substituents is 1. The maximum absolute atomic E-state index is 15.1. The molecule has 1 aliphatic heterocycles. The molecule has 0 atom stereocenters. The number of phenols is 1. The minimum Gasteiger partial charge on any atom is -0.507 e. The standard InChI is InChI=1S/C28H25FN6O2/c1-16(2)7-20-10-24(34-37-20)18-12-30-28(31-13-18)35-14-19(15-35)17-8-23(29)22-11-26(33-32-25(22)9-17)21-5-3-4-6-27(21)36/h3-6,8-13,16,19,36H,7,14-15H2,1-2H3. The van der Waals surface area contributed by atoms with Crippen LogP contribution in [0.5, 0.6) is 5.75 Å². The SMILES string of the molecule is CC(C)Cc1cc(-c2cnc(N3CC(c4cc(F)c5cc(-c6ccccc6O)nnc5c4)C3)nc2)no1. The minimum absolute atomic E-state index is 0.0786. The van der Waals surface area contributed by atoms with Crippen molar-refractivity contribution in [3.8, 4) is 28.3 Å². The zero-order valence-corrected chi connectivity index (χ0v) is 20.5. The van der Waals surface area contributed by atoms with E-state index >= 15 is 4.39 Å². The van der Waals surface area contributed by atoms with Crippen molar-refractivity contribution in [1.82, 2.24) is 25.3 Å². The van der Waals surface area contributed by atoms with Gasteiger partial charge in [0.05, 0.1) is 11.2 Å². The molecule has 8 nitrogen and oxygen atoms in total. The van der Waals surface area contributed by atoms with Crippen LogP contribution in [0.25, 0.3) is 33.4 Å².